The third kappa shape index (κ3) is 2.49. The summed E-state index contributed by atoms with van der Waals surface area (Å²) in [6, 6.07) is 8.29. The van der Waals surface area contributed by atoms with Gasteiger partial charge < -0.3 is 9.47 Å². The molecule has 0 aliphatic heterocycles. The highest BCUT2D eigenvalue weighted by atomic mass is 19.2. The van der Waals surface area contributed by atoms with Crippen molar-refractivity contribution >= 4 is 5.78 Å². The maximum atomic E-state index is 14.5. The van der Waals surface area contributed by atoms with E-state index in [0.717, 1.165) is 20.3 Å². The molecular weight excluding hydrogens is 266 g/mol. The largest absolute Gasteiger partial charge is 0.492 e. The summed E-state index contributed by atoms with van der Waals surface area (Å²) in [6.45, 7) is 0. The lowest BCUT2D eigenvalue weighted by molar-refractivity contribution is -0.122. The molecule has 1 aliphatic carbocycles. The number of methoxy groups -OCH3 is 2. The van der Waals surface area contributed by atoms with Gasteiger partial charge in [-0.2, -0.15) is 0 Å². The zero-order chi connectivity index (χ0) is 14.8. The molecule has 1 unspecified atom stereocenters. The van der Waals surface area contributed by atoms with Crippen molar-refractivity contribution in [1.82, 2.24) is 0 Å². The number of rotatable bonds is 4. The van der Waals surface area contributed by atoms with Crippen LogP contribution >= 0.6 is 0 Å². The summed E-state index contributed by atoms with van der Waals surface area (Å²) in [5.41, 5.74) is 0.365. The van der Waals surface area contributed by atoms with Gasteiger partial charge in [-0.25, -0.2) is 8.78 Å². The zero-order valence-corrected chi connectivity index (χ0v) is 11.2. The number of benzene rings is 1. The smallest absolute Gasteiger partial charge is 0.274 e. The van der Waals surface area contributed by atoms with E-state index in [1.54, 1.807) is 30.3 Å². The Balaban J connectivity index is 2.40. The zero-order valence-electron chi connectivity index (χ0n) is 11.2. The van der Waals surface area contributed by atoms with Gasteiger partial charge in [0.05, 0.1) is 7.11 Å². The van der Waals surface area contributed by atoms with Crippen molar-refractivity contribution in [2.45, 2.75) is 12.3 Å². The van der Waals surface area contributed by atoms with Gasteiger partial charge in [-0.15, -0.1) is 0 Å². The lowest BCUT2D eigenvalue weighted by Gasteiger charge is -2.29. The quantitative estimate of drug-likeness (QED) is 0.793. The molecule has 0 saturated carbocycles. The first-order valence-electron chi connectivity index (χ1n) is 6.00. The summed E-state index contributed by atoms with van der Waals surface area (Å²) in [5.74, 6) is -4.39. The highest BCUT2D eigenvalue weighted by Gasteiger charge is 2.43. The minimum atomic E-state index is -2.46. The fraction of sp³-hybridized carbons (Fsp3) is 0.267. The van der Waals surface area contributed by atoms with Gasteiger partial charge in [0.15, 0.2) is 17.4 Å². The van der Waals surface area contributed by atoms with Crippen LogP contribution in [0.5, 0.6) is 0 Å². The molecule has 0 bridgehead atoms. The third-order valence-corrected chi connectivity index (χ3v) is 3.13. The maximum absolute atomic E-state index is 14.5. The van der Waals surface area contributed by atoms with Crippen molar-refractivity contribution < 1.29 is 23.0 Å². The predicted octanol–water partition coefficient (Wildman–Crippen LogP) is 3.34. The van der Waals surface area contributed by atoms with Crippen LogP contribution in [-0.4, -0.2) is 25.9 Å². The molecule has 0 N–H and O–H groups in total. The number of Topliss-reactive ketones (excluding diaryl/α,β-unsaturated/α-hetero) is 1. The molecule has 1 aromatic carbocycles. The molecule has 1 atom stereocenters. The summed E-state index contributed by atoms with van der Waals surface area (Å²) in [7, 11) is 2.25. The number of halogens is 2. The summed E-state index contributed by atoms with van der Waals surface area (Å²) in [5, 5.41) is 0. The van der Waals surface area contributed by atoms with Crippen molar-refractivity contribution in [3.05, 3.63) is 59.1 Å². The molecular formula is C15H14F2O3. The minimum Gasteiger partial charge on any atom is -0.492 e. The third-order valence-electron chi connectivity index (χ3n) is 3.13. The van der Waals surface area contributed by atoms with Crippen LogP contribution in [0.2, 0.25) is 0 Å². The van der Waals surface area contributed by atoms with Gasteiger partial charge in [-0.1, -0.05) is 30.3 Å². The first kappa shape index (κ1) is 14.4. The van der Waals surface area contributed by atoms with E-state index in [1.165, 1.54) is 0 Å². The van der Waals surface area contributed by atoms with Crippen LogP contribution in [0, 0.1) is 0 Å². The Kier molecular flexibility index (Phi) is 3.99. The molecule has 0 spiro atoms. The minimum absolute atomic E-state index is 0.00106. The van der Waals surface area contributed by atoms with Crippen LogP contribution in [0.1, 0.15) is 16.8 Å². The molecule has 106 valence electrons. The van der Waals surface area contributed by atoms with Gasteiger partial charge in [-0.3, -0.25) is 4.79 Å². The summed E-state index contributed by atoms with van der Waals surface area (Å²) >= 11 is 0. The molecule has 3 nitrogen and oxygen atoms in total. The summed E-state index contributed by atoms with van der Waals surface area (Å²) in [4.78, 5) is 12.2. The van der Waals surface area contributed by atoms with Crippen molar-refractivity contribution in [3.63, 3.8) is 0 Å². The van der Waals surface area contributed by atoms with Crippen molar-refractivity contribution in [1.29, 1.82) is 0 Å². The topological polar surface area (TPSA) is 35.5 Å². The van der Waals surface area contributed by atoms with Crippen molar-refractivity contribution in [2.75, 3.05) is 14.2 Å². The average molecular weight is 280 g/mol. The van der Waals surface area contributed by atoms with Gasteiger partial charge in [0.2, 0.25) is 0 Å². The Bertz CT molecular complexity index is 578. The fourth-order valence-electron chi connectivity index (χ4n) is 2.11. The first-order chi connectivity index (χ1) is 9.51. The van der Waals surface area contributed by atoms with E-state index < -0.39 is 29.6 Å². The van der Waals surface area contributed by atoms with Crippen LogP contribution in [-0.2, 0) is 9.47 Å². The number of ketones is 1. The number of allylic oxidation sites excluding steroid dienone is 2. The molecule has 5 heteroatoms. The van der Waals surface area contributed by atoms with E-state index in [0.29, 0.717) is 5.56 Å². The number of carbonyl (C=O) groups is 1. The Labute approximate surface area is 115 Å². The highest BCUT2D eigenvalue weighted by Crippen LogP contribution is 2.39. The van der Waals surface area contributed by atoms with Gasteiger partial charge in [0, 0.05) is 24.7 Å². The van der Waals surface area contributed by atoms with E-state index in [-0.39, 0.29) is 5.57 Å². The molecule has 1 aliphatic rings. The molecule has 0 fully saturated rings. The molecule has 0 aromatic heterocycles. The second-order valence-corrected chi connectivity index (χ2v) is 4.36. The second kappa shape index (κ2) is 5.54. The van der Waals surface area contributed by atoms with Crippen LogP contribution in [0.4, 0.5) is 8.78 Å². The normalized spacial score (nSPS) is 22.5. The van der Waals surface area contributed by atoms with E-state index in [1.807, 2.05) is 0 Å². The molecule has 2 rings (SSSR count). The number of carbonyl (C=O) groups excluding carboxylic acids is 1. The highest BCUT2D eigenvalue weighted by molar-refractivity contribution is 6.09. The lowest BCUT2D eigenvalue weighted by atomic mass is 9.92. The number of alkyl halides is 1. The van der Waals surface area contributed by atoms with Crippen LogP contribution in [0.15, 0.2) is 53.6 Å². The Morgan fingerprint density at radius 1 is 1.25 bits per heavy atom. The monoisotopic (exact) mass is 280 g/mol. The number of hydrogen-bond donors (Lipinski definition) is 0. The number of ether oxygens (including phenoxy) is 2. The van der Waals surface area contributed by atoms with Crippen LogP contribution in [0.25, 0.3) is 0 Å². The van der Waals surface area contributed by atoms with Crippen molar-refractivity contribution in [3.8, 4) is 0 Å². The molecule has 1 aromatic rings. The summed E-state index contributed by atoms with van der Waals surface area (Å²) in [6.07, 6.45) is 0.596. The van der Waals surface area contributed by atoms with E-state index in [4.69, 9.17) is 4.74 Å². The average Bonchev–Trinajstić information content (AvgIpc) is 2.47. The molecule has 0 saturated heterocycles. The van der Waals surface area contributed by atoms with Crippen LogP contribution in [0.3, 0.4) is 0 Å². The lowest BCUT2D eigenvalue weighted by Crippen LogP contribution is -2.34. The SMILES string of the molecule is COC1=C(F)C=C(C(=O)c2ccccc2)CC1(F)OC. The van der Waals surface area contributed by atoms with Gasteiger partial charge >= 0.3 is 0 Å². The maximum Gasteiger partial charge on any atom is 0.274 e. The van der Waals surface area contributed by atoms with Gasteiger partial charge in [0.25, 0.3) is 5.85 Å². The fourth-order valence-corrected chi connectivity index (χ4v) is 2.11. The number of hydrogen-bond acceptors (Lipinski definition) is 3. The predicted molar refractivity (Wildman–Crippen MR) is 69.5 cm³/mol. The Morgan fingerprint density at radius 2 is 1.90 bits per heavy atom. The first-order valence-corrected chi connectivity index (χ1v) is 6.00. The standard InChI is InChI=1S/C15H14F2O3/c1-19-14-12(16)8-11(9-15(14,17)20-2)13(18)10-6-4-3-5-7-10/h3-8H,9H2,1-2H3. The molecule has 20 heavy (non-hydrogen) atoms. The van der Waals surface area contributed by atoms with E-state index in [9.17, 15) is 13.6 Å². The summed E-state index contributed by atoms with van der Waals surface area (Å²) < 4.78 is 37.7. The Morgan fingerprint density at radius 3 is 2.45 bits per heavy atom. The molecule has 0 amide bonds. The molecule has 0 radical (unpaired) electrons. The van der Waals surface area contributed by atoms with Gasteiger partial charge in [0.1, 0.15) is 0 Å². The van der Waals surface area contributed by atoms with Crippen molar-refractivity contribution in [2.24, 2.45) is 0 Å². The van der Waals surface area contributed by atoms with E-state index >= 15 is 0 Å². The Hall–Kier alpha value is -2.01. The van der Waals surface area contributed by atoms with Gasteiger partial charge in [-0.05, 0) is 6.08 Å². The van der Waals surface area contributed by atoms with Crippen LogP contribution < -0.4 is 0 Å². The second-order valence-electron chi connectivity index (χ2n) is 4.36. The van der Waals surface area contributed by atoms with E-state index in [2.05, 4.69) is 4.74 Å². The molecule has 0 heterocycles.